The Morgan fingerprint density at radius 1 is 0.860 bits per heavy atom. The van der Waals surface area contributed by atoms with Crippen molar-refractivity contribution in [2.75, 3.05) is 12.0 Å². The van der Waals surface area contributed by atoms with Crippen molar-refractivity contribution in [2.45, 2.75) is 37.8 Å². The average Bonchev–Trinajstić information content (AvgIpc) is 3.61. The van der Waals surface area contributed by atoms with Crippen molar-refractivity contribution in [3.05, 3.63) is 108 Å². The molecule has 4 atom stereocenters. The maximum atomic E-state index is 10.4. The first-order valence-corrected chi connectivity index (χ1v) is 13.7. The summed E-state index contributed by atoms with van der Waals surface area (Å²) in [6.07, 6.45) is -0.0240. The van der Waals surface area contributed by atoms with Gasteiger partial charge in [-0.25, -0.2) is 15.0 Å². The number of rotatable bonds is 11. The van der Waals surface area contributed by atoms with Gasteiger partial charge in [-0.1, -0.05) is 60.7 Å². The molecule has 1 saturated heterocycles. The minimum absolute atomic E-state index is 0.329. The van der Waals surface area contributed by atoms with E-state index >= 15 is 0 Å². The number of hydrogen-bond acceptors (Lipinski definition) is 11. The predicted molar refractivity (Wildman–Crippen MR) is 158 cm³/mol. The third kappa shape index (κ3) is 6.32. The Kier molecular flexibility index (Phi) is 8.52. The number of ether oxygens (including phenoxy) is 3. The molecule has 0 saturated carbocycles. The lowest BCUT2D eigenvalue weighted by atomic mass is 10.1. The molecule has 0 radical (unpaired) electrons. The van der Waals surface area contributed by atoms with Crippen LogP contribution >= 0.6 is 0 Å². The highest BCUT2D eigenvalue weighted by Gasteiger charge is 2.44. The molecule has 2 aromatic heterocycles. The third-order valence-corrected chi connectivity index (χ3v) is 6.98. The zero-order valence-electron chi connectivity index (χ0n) is 23.0. The summed E-state index contributed by atoms with van der Waals surface area (Å²) in [5, 5.41) is 34.3. The van der Waals surface area contributed by atoms with Crippen LogP contribution < -0.4 is 14.9 Å². The molecule has 12 heteroatoms. The van der Waals surface area contributed by atoms with Crippen LogP contribution in [0.5, 0.6) is 11.5 Å². The summed E-state index contributed by atoms with van der Waals surface area (Å²) in [6, 6.07) is 25.3. The summed E-state index contributed by atoms with van der Waals surface area (Å²) in [7, 11) is 0. The molecule has 6 rings (SSSR count). The lowest BCUT2D eigenvalue weighted by Crippen LogP contribution is -2.33. The molecule has 4 N–H and O–H groups in total. The third-order valence-electron chi connectivity index (χ3n) is 6.98. The quantitative estimate of drug-likeness (QED) is 0.135. The van der Waals surface area contributed by atoms with Crippen molar-refractivity contribution in [3.63, 3.8) is 0 Å². The van der Waals surface area contributed by atoms with Gasteiger partial charge < -0.3 is 29.5 Å². The average molecular weight is 583 g/mol. The molecule has 0 aliphatic carbocycles. The fourth-order valence-corrected chi connectivity index (χ4v) is 4.71. The Morgan fingerprint density at radius 2 is 1.56 bits per heavy atom. The van der Waals surface area contributed by atoms with Crippen LogP contribution in [-0.2, 0) is 18.0 Å². The normalized spacial score (nSPS) is 20.1. The summed E-state index contributed by atoms with van der Waals surface area (Å²) >= 11 is 0. The summed E-state index contributed by atoms with van der Waals surface area (Å²) in [6.45, 7) is 0.339. The maximum absolute atomic E-state index is 10.4. The minimum atomic E-state index is -1.27. The van der Waals surface area contributed by atoms with Crippen LogP contribution in [0.3, 0.4) is 0 Å². The first kappa shape index (κ1) is 28.2. The zero-order chi connectivity index (χ0) is 29.6. The van der Waals surface area contributed by atoms with Gasteiger partial charge in [0.1, 0.15) is 37.9 Å². The van der Waals surface area contributed by atoms with Crippen LogP contribution in [0.15, 0.2) is 96.6 Å². The number of aliphatic hydroxyl groups excluding tert-OH is 3. The topological polar surface area (TPSA) is 156 Å². The van der Waals surface area contributed by atoms with Gasteiger partial charge in [-0.2, -0.15) is 5.10 Å². The standard InChI is InChI=1S/C31H30N6O6/c38-15-25-27(39)28(40)31(43-25)37-19-34-26-29(32-18-33-30(26)37)36-35-14-22-11-12-23(41-16-20-7-3-1-4-8-20)24(13-22)42-17-21-9-5-2-6-10-21/h1-14,18-19,25,27-28,31,38-40H,15-17H2,(H,32,33,36)/b35-14+/t25-,27-,28-,31-/m1/s1. The number of nitrogens with zero attached hydrogens (tertiary/aromatic N) is 5. The molecule has 1 aliphatic heterocycles. The second-order valence-corrected chi connectivity index (χ2v) is 9.90. The van der Waals surface area contributed by atoms with Gasteiger partial charge in [-0.05, 0) is 34.9 Å². The van der Waals surface area contributed by atoms with Crippen molar-refractivity contribution in [2.24, 2.45) is 5.10 Å². The highest BCUT2D eigenvalue weighted by atomic mass is 16.6. The molecular weight excluding hydrogens is 552 g/mol. The molecule has 0 bridgehead atoms. The van der Waals surface area contributed by atoms with Crippen LogP contribution in [0.2, 0.25) is 0 Å². The van der Waals surface area contributed by atoms with Crippen molar-refractivity contribution < 1.29 is 29.5 Å². The molecule has 5 aromatic rings. The van der Waals surface area contributed by atoms with Gasteiger partial charge in [0, 0.05) is 0 Å². The number of imidazole rings is 1. The molecular formula is C31H30N6O6. The number of nitrogens with one attached hydrogen (secondary N) is 1. The van der Waals surface area contributed by atoms with E-state index in [1.54, 1.807) is 6.21 Å². The number of benzene rings is 3. The largest absolute Gasteiger partial charge is 0.485 e. The number of aliphatic hydroxyl groups is 3. The first-order valence-electron chi connectivity index (χ1n) is 13.7. The molecule has 0 amide bonds. The van der Waals surface area contributed by atoms with E-state index in [4.69, 9.17) is 14.2 Å². The van der Waals surface area contributed by atoms with E-state index < -0.39 is 31.1 Å². The second-order valence-electron chi connectivity index (χ2n) is 9.90. The van der Waals surface area contributed by atoms with Crippen molar-refractivity contribution in [3.8, 4) is 11.5 Å². The lowest BCUT2D eigenvalue weighted by molar-refractivity contribution is -0.0511. The summed E-state index contributed by atoms with van der Waals surface area (Å²) in [5.41, 5.74) is 6.47. The summed E-state index contributed by atoms with van der Waals surface area (Å²) in [4.78, 5) is 12.9. The summed E-state index contributed by atoms with van der Waals surface area (Å²) < 4.78 is 19.3. The fourth-order valence-electron chi connectivity index (χ4n) is 4.71. The Hall–Kier alpha value is -4.88. The van der Waals surface area contributed by atoms with E-state index in [9.17, 15) is 15.3 Å². The van der Waals surface area contributed by atoms with Crippen LogP contribution in [-0.4, -0.2) is 66.0 Å². The fraction of sp³-hybridized carbons (Fsp3) is 0.226. The van der Waals surface area contributed by atoms with Crippen molar-refractivity contribution in [1.29, 1.82) is 0 Å². The van der Waals surface area contributed by atoms with E-state index in [0.717, 1.165) is 16.7 Å². The first-order chi connectivity index (χ1) is 21.1. The molecule has 0 unspecified atom stereocenters. The molecule has 43 heavy (non-hydrogen) atoms. The lowest BCUT2D eigenvalue weighted by Gasteiger charge is -2.16. The SMILES string of the molecule is OC[C@H]1O[C@@H](n2cnc3c(N/N=C/c4ccc(OCc5ccccc5)c(OCc5ccccc5)c4)ncnc32)[C@H](O)[C@@H]1O. The zero-order valence-corrected chi connectivity index (χ0v) is 23.0. The molecule has 220 valence electrons. The summed E-state index contributed by atoms with van der Waals surface area (Å²) in [5.74, 6) is 1.51. The van der Waals surface area contributed by atoms with Crippen molar-refractivity contribution >= 4 is 23.2 Å². The van der Waals surface area contributed by atoms with E-state index in [2.05, 4.69) is 25.5 Å². The second kappa shape index (κ2) is 13.0. The number of fused-ring (bicyclic) bond motifs is 1. The molecule has 1 fully saturated rings. The monoisotopic (exact) mass is 582 g/mol. The Labute approximate surface area is 246 Å². The van der Waals surface area contributed by atoms with Gasteiger partial charge in [-0.3, -0.25) is 9.99 Å². The maximum Gasteiger partial charge on any atom is 0.177 e. The van der Waals surface area contributed by atoms with Crippen LogP contribution in [0.1, 0.15) is 22.9 Å². The van der Waals surface area contributed by atoms with Crippen LogP contribution in [0.25, 0.3) is 11.2 Å². The number of anilines is 1. The molecule has 0 spiro atoms. The van der Waals surface area contributed by atoms with Crippen molar-refractivity contribution in [1.82, 2.24) is 19.5 Å². The Bertz CT molecular complexity index is 1680. The van der Waals surface area contributed by atoms with Gasteiger partial charge >= 0.3 is 0 Å². The van der Waals surface area contributed by atoms with Gasteiger partial charge in [0.05, 0.1) is 19.1 Å². The van der Waals surface area contributed by atoms with Crippen LogP contribution in [0.4, 0.5) is 5.82 Å². The van der Waals surface area contributed by atoms with Crippen LogP contribution in [0, 0.1) is 0 Å². The predicted octanol–water partition coefficient (Wildman–Crippen LogP) is 3.04. The van der Waals surface area contributed by atoms with Gasteiger partial charge in [0.2, 0.25) is 0 Å². The van der Waals surface area contributed by atoms with E-state index in [0.29, 0.717) is 41.7 Å². The van der Waals surface area contributed by atoms with Gasteiger partial charge in [-0.15, -0.1) is 0 Å². The highest BCUT2D eigenvalue weighted by molar-refractivity contribution is 5.85. The van der Waals surface area contributed by atoms with Gasteiger partial charge in [0.15, 0.2) is 34.7 Å². The minimum Gasteiger partial charge on any atom is -0.485 e. The van der Waals surface area contributed by atoms with E-state index in [-0.39, 0.29) is 0 Å². The van der Waals surface area contributed by atoms with E-state index in [1.165, 1.54) is 17.2 Å². The Balaban J connectivity index is 1.19. The molecule has 3 heterocycles. The molecule has 3 aromatic carbocycles. The number of aromatic nitrogens is 4. The molecule has 1 aliphatic rings. The smallest absolute Gasteiger partial charge is 0.177 e. The van der Waals surface area contributed by atoms with E-state index in [1.807, 2.05) is 78.9 Å². The van der Waals surface area contributed by atoms with Gasteiger partial charge in [0.25, 0.3) is 0 Å². The Morgan fingerprint density at radius 3 is 2.23 bits per heavy atom. The molecule has 12 nitrogen and oxygen atoms in total. The number of hydrazone groups is 1. The highest BCUT2D eigenvalue weighted by Crippen LogP contribution is 2.32. The number of hydrogen-bond donors (Lipinski definition) is 4.